The fourth-order valence-electron chi connectivity index (χ4n) is 2.83. The number of hydrogen-bond acceptors (Lipinski definition) is 2. The summed E-state index contributed by atoms with van der Waals surface area (Å²) >= 11 is 0. The van der Waals surface area contributed by atoms with Gasteiger partial charge < -0.3 is 10.3 Å². The van der Waals surface area contributed by atoms with E-state index in [0.29, 0.717) is 0 Å². The zero-order valence-electron chi connectivity index (χ0n) is 10.9. The van der Waals surface area contributed by atoms with Gasteiger partial charge >= 0.3 is 5.69 Å². The smallest absolute Gasteiger partial charge is 0.317 e. The van der Waals surface area contributed by atoms with Gasteiger partial charge in [0.15, 0.2) is 0 Å². The highest BCUT2D eigenvalue weighted by Gasteiger charge is 2.16. The van der Waals surface area contributed by atoms with Gasteiger partial charge in [0, 0.05) is 12.4 Å². The summed E-state index contributed by atoms with van der Waals surface area (Å²) in [5, 5.41) is 3.39. The molecular weight excluding hydrogens is 238 g/mol. The molecule has 0 saturated carbocycles. The molecule has 1 saturated heterocycles. The molecule has 1 aliphatic heterocycles. The Morgan fingerprint density at radius 3 is 2.74 bits per heavy atom. The van der Waals surface area contributed by atoms with E-state index in [1.54, 1.807) is 17.0 Å². The van der Waals surface area contributed by atoms with Crippen LogP contribution in [0.1, 0.15) is 18.4 Å². The van der Waals surface area contributed by atoms with Crippen molar-refractivity contribution in [1.29, 1.82) is 0 Å². The van der Waals surface area contributed by atoms with Crippen LogP contribution >= 0.6 is 0 Å². The second-order valence-electron chi connectivity index (χ2n) is 5.16. The largest absolute Gasteiger partial charge is 0.330 e. The summed E-state index contributed by atoms with van der Waals surface area (Å²) in [6.07, 6.45) is 6.97. The van der Waals surface area contributed by atoms with Crippen molar-refractivity contribution in [2.24, 2.45) is 5.92 Å². The molecule has 19 heavy (non-hydrogen) atoms. The summed E-state index contributed by atoms with van der Waals surface area (Å²) in [6.45, 7) is 2.22. The molecule has 0 radical (unpaired) electrons. The van der Waals surface area contributed by atoms with Gasteiger partial charge in [0.05, 0.1) is 5.69 Å². The van der Waals surface area contributed by atoms with Crippen molar-refractivity contribution in [3.05, 3.63) is 52.7 Å². The highest BCUT2D eigenvalue weighted by Crippen LogP contribution is 2.22. The maximum absolute atomic E-state index is 11.8. The first-order valence-corrected chi connectivity index (χ1v) is 6.89. The number of aromatic nitrogens is 2. The lowest BCUT2D eigenvalue weighted by molar-refractivity contribution is 0.372. The van der Waals surface area contributed by atoms with Gasteiger partial charge in [-0.05, 0) is 49.9 Å². The predicted molar refractivity (Wildman–Crippen MR) is 75.7 cm³/mol. The Morgan fingerprint density at radius 2 is 2.00 bits per heavy atom. The van der Waals surface area contributed by atoms with Gasteiger partial charge in [-0.2, -0.15) is 0 Å². The molecule has 3 rings (SSSR count). The van der Waals surface area contributed by atoms with E-state index in [1.165, 1.54) is 18.4 Å². The number of hydrogen-bond donors (Lipinski definition) is 2. The molecule has 0 atom stereocenters. The third kappa shape index (κ3) is 2.63. The van der Waals surface area contributed by atoms with Crippen molar-refractivity contribution < 1.29 is 0 Å². The third-order valence-electron chi connectivity index (χ3n) is 3.87. The van der Waals surface area contributed by atoms with E-state index in [-0.39, 0.29) is 5.69 Å². The van der Waals surface area contributed by atoms with Crippen molar-refractivity contribution in [3.63, 3.8) is 0 Å². The van der Waals surface area contributed by atoms with Crippen LogP contribution in [0.2, 0.25) is 0 Å². The minimum absolute atomic E-state index is 0.0715. The normalized spacial score (nSPS) is 16.6. The van der Waals surface area contributed by atoms with E-state index in [0.717, 1.165) is 31.1 Å². The van der Waals surface area contributed by atoms with Crippen LogP contribution in [-0.4, -0.2) is 22.6 Å². The molecule has 1 aromatic carbocycles. The molecule has 2 heterocycles. The van der Waals surface area contributed by atoms with Gasteiger partial charge in [-0.1, -0.05) is 18.2 Å². The maximum atomic E-state index is 11.8. The van der Waals surface area contributed by atoms with Crippen molar-refractivity contribution >= 4 is 0 Å². The Kier molecular flexibility index (Phi) is 3.51. The number of imidazole rings is 1. The number of H-pyrrole nitrogens is 1. The van der Waals surface area contributed by atoms with Gasteiger partial charge in [-0.25, -0.2) is 4.79 Å². The molecule has 1 aliphatic rings. The number of aromatic amines is 1. The molecule has 100 valence electrons. The number of rotatable bonds is 3. The summed E-state index contributed by atoms with van der Waals surface area (Å²) in [5.74, 6) is 0.719. The van der Waals surface area contributed by atoms with Crippen LogP contribution in [0.15, 0.2) is 41.5 Å². The molecular formula is C15H19N3O. The summed E-state index contributed by atoms with van der Waals surface area (Å²) in [4.78, 5) is 14.5. The Hall–Kier alpha value is -1.81. The molecule has 4 nitrogen and oxygen atoms in total. The topological polar surface area (TPSA) is 49.8 Å². The van der Waals surface area contributed by atoms with Crippen LogP contribution in [0.5, 0.6) is 0 Å². The van der Waals surface area contributed by atoms with E-state index < -0.39 is 0 Å². The average molecular weight is 257 g/mol. The van der Waals surface area contributed by atoms with Gasteiger partial charge in [0.1, 0.15) is 0 Å². The van der Waals surface area contributed by atoms with E-state index in [2.05, 4.69) is 22.4 Å². The fourth-order valence-corrected chi connectivity index (χ4v) is 2.83. The number of nitrogens with one attached hydrogen (secondary N) is 2. The molecule has 0 bridgehead atoms. The highest BCUT2D eigenvalue weighted by molar-refractivity contribution is 5.41. The van der Waals surface area contributed by atoms with Crippen LogP contribution in [0.25, 0.3) is 5.69 Å². The molecule has 1 fully saturated rings. The lowest BCUT2D eigenvalue weighted by atomic mass is 9.90. The molecule has 1 aromatic heterocycles. The maximum Gasteiger partial charge on any atom is 0.330 e. The minimum Gasteiger partial charge on any atom is -0.317 e. The van der Waals surface area contributed by atoms with Crippen molar-refractivity contribution in [2.45, 2.75) is 19.3 Å². The van der Waals surface area contributed by atoms with Crippen LogP contribution in [0, 0.1) is 5.92 Å². The monoisotopic (exact) mass is 257 g/mol. The summed E-state index contributed by atoms with van der Waals surface area (Å²) < 4.78 is 1.69. The Labute approximate surface area is 112 Å². The number of para-hydroxylation sites is 1. The molecule has 0 unspecified atom stereocenters. The van der Waals surface area contributed by atoms with Gasteiger partial charge in [0.25, 0.3) is 0 Å². The lowest BCUT2D eigenvalue weighted by Crippen LogP contribution is -2.29. The molecule has 2 N–H and O–H groups in total. The van der Waals surface area contributed by atoms with Crippen LogP contribution in [-0.2, 0) is 6.42 Å². The third-order valence-corrected chi connectivity index (χ3v) is 3.87. The summed E-state index contributed by atoms with van der Waals surface area (Å²) in [7, 11) is 0. The van der Waals surface area contributed by atoms with E-state index >= 15 is 0 Å². The van der Waals surface area contributed by atoms with E-state index in [1.807, 2.05) is 12.1 Å². The summed E-state index contributed by atoms with van der Waals surface area (Å²) in [5.41, 5.74) is 2.20. The predicted octanol–water partition coefficient (Wildman–Crippen LogP) is 1.71. The molecule has 0 aliphatic carbocycles. The first-order chi connectivity index (χ1) is 9.34. The second kappa shape index (κ2) is 5.45. The quantitative estimate of drug-likeness (QED) is 0.879. The molecule has 0 spiro atoms. The van der Waals surface area contributed by atoms with Crippen LogP contribution in [0.3, 0.4) is 0 Å². The lowest BCUT2D eigenvalue weighted by Gasteiger charge is -2.23. The molecule has 2 aromatic rings. The van der Waals surface area contributed by atoms with Gasteiger partial charge in [-0.3, -0.25) is 4.57 Å². The number of piperidine rings is 1. The van der Waals surface area contributed by atoms with Gasteiger partial charge in [0.2, 0.25) is 0 Å². The first-order valence-electron chi connectivity index (χ1n) is 6.89. The highest BCUT2D eigenvalue weighted by atomic mass is 16.1. The summed E-state index contributed by atoms with van der Waals surface area (Å²) in [6, 6.07) is 8.20. The molecule has 0 amide bonds. The van der Waals surface area contributed by atoms with E-state index in [9.17, 15) is 4.79 Å². The first kappa shape index (κ1) is 12.2. The number of nitrogens with zero attached hydrogens (tertiary/aromatic N) is 1. The zero-order valence-corrected chi connectivity index (χ0v) is 10.9. The Balaban J connectivity index is 1.89. The minimum atomic E-state index is -0.0715. The van der Waals surface area contributed by atoms with Crippen molar-refractivity contribution in [1.82, 2.24) is 14.9 Å². The van der Waals surface area contributed by atoms with Crippen molar-refractivity contribution in [3.8, 4) is 5.69 Å². The fraction of sp³-hybridized carbons (Fsp3) is 0.400. The SMILES string of the molecule is O=c1[nH]ccn1-c1ccccc1CC1CCNCC1. The zero-order chi connectivity index (χ0) is 13.1. The standard InChI is InChI=1S/C15H19N3O/c19-15-17-9-10-18(15)14-4-2-1-3-13(14)11-12-5-7-16-8-6-12/h1-4,9-10,12,16H,5-8,11H2,(H,17,19). The molecule has 4 heteroatoms. The second-order valence-corrected chi connectivity index (χ2v) is 5.16. The number of benzene rings is 1. The van der Waals surface area contributed by atoms with Crippen LogP contribution < -0.4 is 11.0 Å². The van der Waals surface area contributed by atoms with Gasteiger partial charge in [-0.15, -0.1) is 0 Å². The Bertz CT molecular complexity index is 593. The average Bonchev–Trinajstić information content (AvgIpc) is 2.87. The Morgan fingerprint density at radius 1 is 1.21 bits per heavy atom. The van der Waals surface area contributed by atoms with E-state index in [4.69, 9.17) is 0 Å². The van der Waals surface area contributed by atoms with Crippen LogP contribution in [0.4, 0.5) is 0 Å². The van der Waals surface area contributed by atoms with Crippen molar-refractivity contribution in [2.75, 3.05) is 13.1 Å².